The molecule has 27 heavy (non-hydrogen) atoms. The van der Waals surface area contributed by atoms with E-state index in [0.29, 0.717) is 25.9 Å². The first-order valence-corrected chi connectivity index (χ1v) is 10.1. The molecule has 0 unspecified atom stereocenters. The maximum atomic E-state index is 12.6. The summed E-state index contributed by atoms with van der Waals surface area (Å²) in [5, 5.41) is 14.0. The number of hydrogen-bond acceptors (Lipinski definition) is 5. The molecule has 6 heteroatoms. The summed E-state index contributed by atoms with van der Waals surface area (Å²) in [5.41, 5.74) is -1.81. The summed E-state index contributed by atoms with van der Waals surface area (Å²) >= 11 is 0. The van der Waals surface area contributed by atoms with Crippen molar-refractivity contribution in [3.63, 3.8) is 0 Å². The van der Waals surface area contributed by atoms with Gasteiger partial charge in [-0.3, -0.25) is 4.79 Å². The standard InChI is InChI=1S/C21H31NO5/c1-19-7-5-8-20(2,25-3)21(19,24)10-15-16(18(23)27-17(15)11-19)13-22-12-14-6-4-9-26-14/h4,6,9,15-17,22,24H,5,7-8,10-13H2,1-3H3/p+1/t15-,16+,17-,19-,20-,21+/m1/s1. The largest absolute Gasteiger partial charge is 0.463 e. The summed E-state index contributed by atoms with van der Waals surface area (Å²) in [6.07, 6.45) is 5.65. The van der Waals surface area contributed by atoms with Crippen LogP contribution in [0.4, 0.5) is 0 Å². The molecule has 1 aromatic heterocycles. The zero-order valence-electron chi connectivity index (χ0n) is 16.6. The van der Waals surface area contributed by atoms with Gasteiger partial charge in [-0.05, 0) is 51.2 Å². The first-order valence-electron chi connectivity index (χ1n) is 10.1. The van der Waals surface area contributed by atoms with Crippen LogP contribution in [0.5, 0.6) is 0 Å². The van der Waals surface area contributed by atoms with Crippen LogP contribution in [-0.4, -0.2) is 42.0 Å². The second kappa shape index (κ2) is 6.61. The zero-order valence-corrected chi connectivity index (χ0v) is 16.6. The summed E-state index contributed by atoms with van der Waals surface area (Å²) in [4.78, 5) is 12.6. The Labute approximate surface area is 160 Å². The number of methoxy groups -OCH3 is 1. The monoisotopic (exact) mass is 378 g/mol. The minimum atomic E-state index is -0.943. The summed E-state index contributed by atoms with van der Waals surface area (Å²) in [7, 11) is 1.70. The summed E-state index contributed by atoms with van der Waals surface area (Å²) < 4.78 is 17.0. The summed E-state index contributed by atoms with van der Waals surface area (Å²) in [5.74, 6) is 0.621. The minimum absolute atomic E-state index is 0.0380. The number of carbonyl (C=O) groups is 1. The molecule has 0 radical (unpaired) electrons. The van der Waals surface area contributed by atoms with Gasteiger partial charge < -0.3 is 24.3 Å². The Hall–Kier alpha value is -1.37. The molecule has 6 atom stereocenters. The number of ether oxygens (including phenoxy) is 2. The molecule has 150 valence electrons. The number of hydrogen-bond donors (Lipinski definition) is 2. The summed E-state index contributed by atoms with van der Waals surface area (Å²) in [6.45, 7) is 5.52. The second-order valence-electron chi connectivity index (χ2n) is 9.17. The molecular weight excluding hydrogens is 346 g/mol. The highest BCUT2D eigenvalue weighted by Gasteiger charge is 2.67. The molecule has 0 amide bonds. The fourth-order valence-corrected chi connectivity index (χ4v) is 5.99. The third-order valence-corrected chi connectivity index (χ3v) is 7.80. The fourth-order valence-electron chi connectivity index (χ4n) is 5.99. The van der Waals surface area contributed by atoms with Gasteiger partial charge in [0.05, 0.1) is 24.0 Å². The van der Waals surface area contributed by atoms with Crippen LogP contribution in [-0.2, 0) is 20.8 Å². The highest BCUT2D eigenvalue weighted by molar-refractivity contribution is 5.75. The van der Waals surface area contributed by atoms with E-state index in [1.54, 1.807) is 13.4 Å². The molecule has 2 heterocycles. The van der Waals surface area contributed by atoms with Crippen LogP contribution in [0.3, 0.4) is 0 Å². The quantitative estimate of drug-likeness (QED) is 0.761. The third kappa shape index (κ3) is 2.84. The molecule has 1 saturated heterocycles. The predicted octanol–water partition coefficient (Wildman–Crippen LogP) is 1.62. The van der Waals surface area contributed by atoms with Gasteiger partial charge in [0.2, 0.25) is 0 Å². The van der Waals surface area contributed by atoms with Gasteiger partial charge in [-0.1, -0.05) is 6.92 Å². The Kier molecular flexibility index (Phi) is 4.64. The van der Waals surface area contributed by atoms with E-state index in [1.165, 1.54) is 0 Å². The van der Waals surface area contributed by atoms with Crippen LogP contribution in [0.1, 0.15) is 51.7 Å². The molecule has 1 aliphatic heterocycles. The van der Waals surface area contributed by atoms with E-state index in [0.717, 1.165) is 25.0 Å². The van der Waals surface area contributed by atoms with E-state index in [9.17, 15) is 9.90 Å². The predicted molar refractivity (Wildman–Crippen MR) is 97.6 cm³/mol. The number of esters is 1. The SMILES string of the molecule is CO[C@]1(C)CCC[C@]2(C)C[C@H]3OC(=O)[C@@H](C[NH2+]Cc4ccco4)[C@H]3C[C@]21O. The van der Waals surface area contributed by atoms with Crippen molar-refractivity contribution >= 4 is 5.97 Å². The molecule has 3 N–H and O–H groups in total. The molecule has 0 aromatic carbocycles. The average Bonchev–Trinajstić information content (AvgIpc) is 3.23. The number of furan rings is 1. The molecule has 4 rings (SSSR count). The molecule has 3 fully saturated rings. The number of fused-ring (bicyclic) bond motifs is 2. The maximum Gasteiger partial charge on any atom is 0.315 e. The van der Waals surface area contributed by atoms with Crippen LogP contribution in [0.25, 0.3) is 0 Å². The fraction of sp³-hybridized carbons (Fsp3) is 0.762. The average molecular weight is 378 g/mol. The Bertz CT molecular complexity index is 691. The van der Waals surface area contributed by atoms with Gasteiger partial charge >= 0.3 is 5.97 Å². The smallest absolute Gasteiger partial charge is 0.315 e. The molecule has 2 saturated carbocycles. The Morgan fingerprint density at radius 2 is 2.15 bits per heavy atom. The molecule has 0 bridgehead atoms. The lowest BCUT2D eigenvalue weighted by Gasteiger charge is -2.61. The molecule has 0 spiro atoms. The van der Waals surface area contributed by atoms with Crippen molar-refractivity contribution in [1.29, 1.82) is 0 Å². The van der Waals surface area contributed by atoms with Crippen LogP contribution in [0.2, 0.25) is 0 Å². The lowest BCUT2D eigenvalue weighted by molar-refractivity contribution is -0.676. The topological polar surface area (TPSA) is 85.5 Å². The van der Waals surface area contributed by atoms with Gasteiger partial charge in [0, 0.05) is 18.4 Å². The van der Waals surface area contributed by atoms with Gasteiger partial charge in [-0.15, -0.1) is 0 Å². The molecule has 2 aliphatic carbocycles. The molecule has 6 nitrogen and oxygen atoms in total. The van der Waals surface area contributed by atoms with Crippen LogP contribution in [0.15, 0.2) is 22.8 Å². The Balaban J connectivity index is 1.52. The normalized spacial score (nSPS) is 43.9. The van der Waals surface area contributed by atoms with Crippen molar-refractivity contribution in [3.8, 4) is 0 Å². The number of quaternary nitrogens is 1. The number of carbonyl (C=O) groups excluding carboxylic acids is 1. The van der Waals surface area contributed by atoms with Crippen LogP contribution in [0, 0.1) is 17.3 Å². The maximum absolute atomic E-state index is 12.6. The van der Waals surface area contributed by atoms with E-state index in [4.69, 9.17) is 13.9 Å². The van der Waals surface area contributed by atoms with Crippen LogP contribution < -0.4 is 5.32 Å². The third-order valence-electron chi connectivity index (χ3n) is 7.80. The van der Waals surface area contributed by atoms with Crippen LogP contribution >= 0.6 is 0 Å². The van der Waals surface area contributed by atoms with Crippen molar-refractivity contribution in [2.45, 2.75) is 69.8 Å². The first kappa shape index (κ1) is 19.0. The highest BCUT2D eigenvalue weighted by Crippen LogP contribution is 2.61. The van der Waals surface area contributed by atoms with E-state index in [-0.39, 0.29) is 29.3 Å². The van der Waals surface area contributed by atoms with E-state index < -0.39 is 11.2 Å². The summed E-state index contributed by atoms with van der Waals surface area (Å²) in [6, 6.07) is 3.81. The van der Waals surface area contributed by atoms with Crippen molar-refractivity contribution in [3.05, 3.63) is 24.2 Å². The minimum Gasteiger partial charge on any atom is -0.463 e. The second-order valence-corrected chi connectivity index (χ2v) is 9.17. The Morgan fingerprint density at radius 1 is 1.33 bits per heavy atom. The van der Waals surface area contributed by atoms with E-state index in [1.807, 2.05) is 19.1 Å². The highest BCUT2D eigenvalue weighted by atomic mass is 16.6. The first-order chi connectivity index (χ1) is 12.8. The zero-order chi connectivity index (χ0) is 19.3. The lowest BCUT2D eigenvalue weighted by atomic mass is 9.49. The number of nitrogens with two attached hydrogens (primary N) is 1. The van der Waals surface area contributed by atoms with Crippen molar-refractivity contribution in [2.75, 3.05) is 13.7 Å². The van der Waals surface area contributed by atoms with E-state index >= 15 is 0 Å². The lowest BCUT2D eigenvalue weighted by Crippen LogP contribution is -2.84. The van der Waals surface area contributed by atoms with Gasteiger partial charge in [0.1, 0.15) is 18.6 Å². The Morgan fingerprint density at radius 3 is 2.85 bits per heavy atom. The van der Waals surface area contributed by atoms with Gasteiger partial charge in [0.15, 0.2) is 5.76 Å². The number of aliphatic hydroxyl groups is 1. The molecule has 1 aromatic rings. The molecule has 3 aliphatic rings. The van der Waals surface area contributed by atoms with Crippen molar-refractivity contribution < 1.29 is 29.1 Å². The van der Waals surface area contributed by atoms with Gasteiger partial charge in [0.25, 0.3) is 0 Å². The van der Waals surface area contributed by atoms with Crippen molar-refractivity contribution in [2.24, 2.45) is 17.3 Å². The van der Waals surface area contributed by atoms with Crippen molar-refractivity contribution in [1.82, 2.24) is 0 Å². The van der Waals surface area contributed by atoms with E-state index in [2.05, 4.69) is 12.2 Å². The van der Waals surface area contributed by atoms with Gasteiger partial charge in [-0.25, -0.2) is 0 Å². The molecular formula is C21H32NO5+. The number of rotatable bonds is 5. The van der Waals surface area contributed by atoms with Gasteiger partial charge in [-0.2, -0.15) is 0 Å².